The molecule has 3 aromatic rings. The molecule has 1 saturated carbocycles. The zero-order valence-electron chi connectivity index (χ0n) is 16.3. The van der Waals surface area contributed by atoms with E-state index in [-0.39, 0.29) is 12.2 Å². The SMILES string of the molecule is CO[C@@H]1CCC[C@@H](Oc2ncccc2Nc2ncnc3sc(C(N)=O)c(C)c23)C1. The standard InChI is InChI=1S/C20H23N5O3S/c1-11-15-18(23-10-24-20(15)29-16(11)17(21)26)25-14-7-4-8-22-19(14)28-13-6-3-5-12(9-13)27-2/h4,7-8,10,12-13H,3,5-6,9H2,1-2H3,(H2,21,26)(H,23,24,25)/t12-,13-/m1/s1. The number of pyridine rings is 1. The van der Waals surface area contributed by atoms with Gasteiger partial charge in [-0.3, -0.25) is 4.79 Å². The highest BCUT2D eigenvalue weighted by atomic mass is 32.1. The monoisotopic (exact) mass is 413 g/mol. The molecule has 29 heavy (non-hydrogen) atoms. The Bertz CT molecular complexity index is 1040. The van der Waals surface area contributed by atoms with Gasteiger partial charge in [0, 0.05) is 19.7 Å². The van der Waals surface area contributed by atoms with Crippen LogP contribution in [0.1, 0.15) is 40.9 Å². The van der Waals surface area contributed by atoms with Crippen molar-refractivity contribution in [1.82, 2.24) is 15.0 Å². The molecule has 1 aliphatic carbocycles. The van der Waals surface area contributed by atoms with E-state index in [1.54, 1.807) is 13.3 Å². The van der Waals surface area contributed by atoms with Gasteiger partial charge in [-0.1, -0.05) is 0 Å². The molecule has 0 bridgehead atoms. The maximum Gasteiger partial charge on any atom is 0.259 e. The summed E-state index contributed by atoms with van der Waals surface area (Å²) in [4.78, 5) is 26.0. The van der Waals surface area contributed by atoms with Crippen LogP contribution in [0.4, 0.5) is 11.5 Å². The Morgan fingerprint density at radius 2 is 2.10 bits per heavy atom. The van der Waals surface area contributed by atoms with E-state index in [1.807, 2.05) is 19.1 Å². The molecule has 0 spiro atoms. The summed E-state index contributed by atoms with van der Waals surface area (Å²) in [6.07, 6.45) is 7.38. The van der Waals surface area contributed by atoms with E-state index in [1.165, 1.54) is 17.7 Å². The first-order valence-corrected chi connectivity index (χ1v) is 10.3. The third-order valence-corrected chi connectivity index (χ3v) is 6.38. The lowest BCUT2D eigenvalue weighted by Crippen LogP contribution is -2.29. The van der Waals surface area contributed by atoms with Crippen LogP contribution in [-0.2, 0) is 4.74 Å². The molecule has 3 heterocycles. The molecule has 152 valence electrons. The van der Waals surface area contributed by atoms with Gasteiger partial charge in [0.2, 0.25) is 5.88 Å². The molecule has 0 radical (unpaired) electrons. The summed E-state index contributed by atoms with van der Waals surface area (Å²) in [7, 11) is 1.74. The summed E-state index contributed by atoms with van der Waals surface area (Å²) in [6.45, 7) is 1.85. The fourth-order valence-electron chi connectivity index (χ4n) is 3.69. The van der Waals surface area contributed by atoms with Gasteiger partial charge in [0.05, 0.1) is 16.4 Å². The molecule has 0 unspecified atom stereocenters. The number of carbonyl (C=O) groups is 1. The molecule has 4 rings (SSSR count). The van der Waals surface area contributed by atoms with Gasteiger partial charge in [-0.2, -0.15) is 0 Å². The van der Waals surface area contributed by atoms with Crippen LogP contribution in [0.15, 0.2) is 24.7 Å². The van der Waals surface area contributed by atoms with Gasteiger partial charge in [0.15, 0.2) is 0 Å². The molecule has 1 amide bonds. The Morgan fingerprint density at radius 3 is 2.90 bits per heavy atom. The van der Waals surface area contributed by atoms with Crippen LogP contribution in [0.25, 0.3) is 10.2 Å². The van der Waals surface area contributed by atoms with Gasteiger partial charge in [0.1, 0.15) is 28.8 Å². The van der Waals surface area contributed by atoms with Crippen molar-refractivity contribution in [2.75, 3.05) is 12.4 Å². The number of aryl methyl sites for hydroxylation is 1. The Labute approximate surface area is 172 Å². The van der Waals surface area contributed by atoms with E-state index >= 15 is 0 Å². The van der Waals surface area contributed by atoms with Crippen molar-refractivity contribution >= 4 is 39.0 Å². The van der Waals surface area contributed by atoms with Crippen molar-refractivity contribution in [3.8, 4) is 5.88 Å². The minimum Gasteiger partial charge on any atom is -0.473 e. The average Bonchev–Trinajstić information content (AvgIpc) is 3.07. The number of thiophene rings is 1. The molecular weight excluding hydrogens is 390 g/mol. The lowest BCUT2D eigenvalue weighted by atomic mass is 9.95. The van der Waals surface area contributed by atoms with Crippen molar-refractivity contribution < 1.29 is 14.3 Å². The highest BCUT2D eigenvalue weighted by molar-refractivity contribution is 7.20. The van der Waals surface area contributed by atoms with Crippen molar-refractivity contribution in [2.45, 2.75) is 44.8 Å². The molecule has 0 saturated heterocycles. The normalized spacial score (nSPS) is 19.2. The van der Waals surface area contributed by atoms with E-state index < -0.39 is 5.91 Å². The first-order valence-electron chi connectivity index (χ1n) is 9.52. The fourth-order valence-corrected chi connectivity index (χ4v) is 4.69. The molecule has 3 N–H and O–H groups in total. The molecule has 2 atom stereocenters. The minimum atomic E-state index is -0.466. The quantitative estimate of drug-likeness (QED) is 0.635. The van der Waals surface area contributed by atoms with E-state index in [0.717, 1.165) is 36.6 Å². The van der Waals surface area contributed by atoms with E-state index in [9.17, 15) is 4.79 Å². The number of methoxy groups -OCH3 is 1. The first-order chi connectivity index (χ1) is 14.1. The zero-order chi connectivity index (χ0) is 20.4. The first kappa shape index (κ1) is 19.5. The summed E-state index contributed by atoms with van der Waals surface area (Å²) in [6, 6.07) is 3.73. The number of ether oxygens (including phenoxy) is 2. The number of rotatable bonds is 6. The van der Waals surface area contributed by atoms with Crippen LogP contribution in [-0.4, -0.2) is 40.2 Å². The summed E-state index contributed by atoms with van der Waals surface area (Å²) >= 11 is 1.27. The molecule has 1 fully saturated rings. The van der Waals surface area contributed by atoms with Crippen LogP contribution >= 0.6 is 11.3 Å². The molecule has 0 aliphatic heterocycles. The van der Waals surface area contributed by atoms with E-state index in [0.29, 0.717) is 27.1 Å². The Hall–Kier alpha value is -2.78. The molecule has 1 aliphatic rings. The van der Waals surface area contributed by atoms with Crippen LogP contribution < -0.4 is 15.8 Å². The maximum atomic E-state index is 11.7. The molecule has 8 nitrogen and oxygen atoms in total. The van der Waals surface area contributed by atoms with Gasteiger partial charge < -0.3 is 20.5 Å². The number of hydrogen-bond donors (Lipinski definition) is 2. The number of carbonyl (C=O) groups excluding carboxylic acids is 1. The van der Waals surface area contributed by atoms with Crippen molar-refractivity contribution in [2.24, 2.45) is 5.73 Å². The van der Waals surface area contributed by atoms with Crippen LogP contribution in [0.3, 0.4) is 0 Å². The number of anilines is 2. The summed E-state index contributed by atoms with van der Waals surface area (Å²) in [5, 5.41) is 4.08. The van der Waals surface area contributed by atoms with E-state index in [4.69, 9.17) is 15.2 Å². The third-order valence-electron chi connectivity index (χ3n) is 5.16. The number of aromatic nitrogens is 3. The third kappa shape index (κ3) is 4.01. The molecular formula is C20H23N5O3S. The predicted molar refractivity (Wildman–Crippen MR) is 112 cm³/mol. The number of nitrogens with two attached hydrogens (primary N) is 1. The van der Waals surface area contributed by atoms with E-state index in [2.05, 4.69) is 20.3 Å². The highest BCUT2D eigenvalue weighted by Gasteiger charge is 2.25. The summed E-state index contributed by atoms with van der Waals surface area (Å²) in [5.41, 5.74) is 6.97. The summed E-state index contributed by atoms with van der Waals surface area (Å²) in [5.74, 6) is 0.642. The van der Waals surface area contributed by atoms with Crippen molar-refractivity contribution in [3.63, 3.8) is 0 Å². The number of amides is 1. The Morgan fingerprint density at radius 1 is 1.28 bits per heavy atom. The second kappa shape index (κ2) is 8.30. The highest BCUT2D eigenvalue weighted by Crippen LogP contribution is 2.36. The second-order valence-corrected chi connectivity index (χ2v) is 8.07. The number of nitrogens with zero attached hydrogens (tertiary/aromatic N) is 3. The number of fused-ring (bicyclic) bond motifs is 1. The van der Waals surface area contributed by atoms with Gasteiger partial charge in [-0.25, -0.2) is 15.0 Å². The lowest BCUT2D eigenvalue weighted by Gasteiger charge is -2.28. The predicted octanol–water partition coefficient (Wildman–Crippen LogP) is 3.57. The summed E-state index contributed by atoms with van der Waals surface area (Å²) < 4.78 is 11.7. The Kier molecular flexibility index (Phi) is 5.59. The topological polar surface area (TPSA) is 112 Å². The molecule has 0 aromatic carbocycles. The smallest absolute Gasteiger partial charge is 0.259 e. The Balaban J connectivity index is 1.63. The van der Waals surface area contributed by atoms with Gasteiger partial charge in [-0.15, -0.1) is 11.3 Å². The maximum absolute atomic E-state index is 11.7. The lowest BCUT2D eigenvalue weighted by molar-refractivity contribution is 0.0198. The number of primary amides is 1. The largest absolute Gasteiger partial charge is 0.473 e. The number of nitrogens with one attached hydrogen (secondary N) is 1. The molecule has 3 aromatic heterocycles. The fraction of sp³-hybridized carbons (Fsp3) is 0.400. The van der Waals surface area contributed by atoms with Crippen LogP contribution in [0.5, 0.6) is 5.88 Å². The van der Waals surface area contributed by atoms with Crippen molar-refractivity contribution in [1.29, 1.82) is 0 Å². The van der Waals surface area contributed by atoms with Crippen LogP contribution in [0, 0.1) is 6.92 Å². The average molecular weight is 414 g/mol. The number of hydrogen-bond acceptors (Lipinski definition) is 8. The zero-order valence-corrected chi connectivity index (χ0v) is 17.2. The van der Waals surface area contributed by atoms with Gasteiger partial charge in [-0.05, 0) is 43.9 Å². The minimum absolute atomic E-state index is 0.0546. The van der Waals surface area contributed by atoms with Gasteiger partial charge in [0.25, 0.3) is 5.91 Å². The van der Waals surface area contributed by atoms with Gasteiger partial charge >= 0.3 is 0 Å². The van der Waals surface area contributed by atoms with Crippen molar-refractivity contribution in [3.05, 3.63) is 35.1 Å². The second-order valence-electron chi connectivity index (χ2n) is 7.07. The molecule has 9 heteroatoms. The van der Waals surface area contributed by atoms with Crippen LogP contribution in [0.2, 0.25) is 0 Å².